The fourth-order valence-corrected chi connectivity index (χ4v) is 1.65. The Balaban J connectivity index is 2.39. The van der Waals surface area contributed by atoms with Crippen molar-refractivity contribution in [2.24, 2.45) is 5.92 Å². The van der Waals surface area contributed by atoms with E-state index in [1.165, 1.54) is 11.3 Å². The van der Waals surface area contributed by atoms with Crippen LogP contribution in [0.25, 0.3) is 0 Å². The summed E-state index contributed by atoms with van der Waals surface area (Å²) in [4.78, 5) is 2.18. The van der Waals surface area contributed by atoms with Crippen molar-refractivity contribution in [3.05, 3.63) is 29.8 Å². The molecule has 0 aliphatic heterocycles. The lowest BCUT2D eigenvalue weighted by molar-refractivity contribution is 0.425. The zero-order valence-electron chi connectivity index (χ0n) is 11.0. The predicted molar refractivity (Wildman–Crippen MR) is 72.0 cm³/mol. The summed E-state index contributed by atoms with van der Waals surface area (Å²) >= 11 is 0. The lowest BCUT2D eigenvalue weighted by Crippen LogP contribution is -2.20. The van der Waals surface area contributed by atoms with Crippen molar-refractivity contribution in [2.75, 3.05) is 32.5 Å². The first-order valence-electron chi connectivity index (χ1n) is 6.05. The molecule has 0 fully saturated rings. The summed E-state index contributed by atoms with van der Waals surface area (Å²) in [5, 5.41) is 3.41. The highest BCUT2D eigenvalue weighted by Crippen LogP contribution is 2.12. The van der Waals surface area contributed by atoms with Gasteiger partial charge in [0.25, 0.3) is 0 Å². The SMILES string of the molecule is CC(C)Cc1ccc(NCCN(C)C)cc1. The molecular weight excluding hydrogens is 196 g/mol. The van der Waals surface area contributed by atoms with Crippen LogP contribution in [-0.4, -0.2) is 32.1 Å². The van der Waals surface area contributed by atoms with Gasteiger partial charge in [0, 0.05) is 18.8 Å². The number of anilines is 1. The molecule has 0 bridgehead atoms. The highest BCUT2D eigenvalue weighted by atomic mass is 15.1. The Kier molecular flexibility index (Phi) is 5.33. The van der Waals surface area contributed by atoms with Crippen molar-refractivity contribution < 1.29 is 0 Å². The third-order valence-electron chi connectivity index (χ3n) is 2.49. The molecule has 1 N–H and O–H groups in total. The molecule has 1 aromatic rings. The van der Waals surface area contributed by atoms with Gasteiger partial charge < -0.3 is 10.2 Å². The first-order chi connectivity index (χ1) is 7.58. The molecule has 0 saturated carbocycles. The average Bonchev–Trinajstić information content (AvgIpc) is 2.19. The maximum atomic E-state index is 3.41. The molecule has 0 unspecified atom stereocenters. The van der Waals surface area contributed by atoms with Gasteiger partial charge in [-0.1, -0.05) is 26.0 Å². The van der Waals surface area contributed by atoms with Crippen LogP contribution in [0.5, 0.6) is 0 Å². The number of hydrogen-bond donors (Lipinski definition) is 1. The Labute approximate surface area is 99.7 Å². The Bertz CT molecular complexity index is 288. The second-order valence-corrected chi connectivity index (χ2v) is 5.02. The maximum absolute atomic E-state index is 3.41. The molecule has 0 heterocycles. The zero-order valence-corrected chi connectivity index (χ0v) is 11.0. The lowest BCUT2D eigenvalue weighted by atomic mass is 10.0. The van der Waals surface area contributed by atoms with Crippen LogP contribution >= 0.6 is 0 Å². The minimum Gasteiger partial charge on any atom is -0.384 e. The number of likely N-dealkylation sites (N-methyl/N-ethyl adjacent to an activating group) is 1. The Hall–Kier alpha value is -1.02. The van der Waals surface area contributed by atoms with E-state index in [1.54, 1.807) is 0 Å². The summed E-state index contributed by atoms with van der Waals surface area (Å²) < 4.78 is 0. The highest BCUT2D eigenvalue weighted by Gasteiger charge is 1.98. The molecule has 2 nitrogen and oxygen atoms in total. The quantitative estimate of drug-likeness (QED) is 0.793. The van der Waals surface area contributed by atoms with E-state index >= 15 is 0 Å². The van der Waals surface area contributed by atoms with E-state index in [0.717, 1.165) is 25.4 Å². The summed E-state index contributed by atoms with van der Waals surface area (Å²) in [5.41, 5.74) is 2.64. The van der Waals surface area contributed by atoms with Gasteiger partial charge in [-0.2, -0.15) is 0 Å². The molecule has 0 amide bonds. The molecule has 0 saturated heterocycles. The van der Waals surface area contributed by atoms with Crippen LogP contribution < -0.4 is 5.32 Å². The normalized spacial score (nSPS) is 11.1. The number of hydrogen-bond acceptors (Lipinski definition) is 2. The van der Waals surface area contributed by atoms with E-state index in [9.17, 15) is 0 Å². The molecule has 0 aliphatic carbocycles. The largest absolute Gasteiger partial charge is 0.384 e. The molecule has 1 rings (SSSR count). The number of nitrogens with zero attached hydrogens (tertiary/aromatic N) is 1. The number of benzene rings is 1. The van der Waals surface area contributed by atoms with Crippen LogP contribution in [-0.2, 0) is 6.42 Å². The number of rotatable bonds is 6. The number of nitrogens with one attached hydrogen (secondary N) is 1. The molecule has 0 atom stereocenters. The first kappa shape index (κ1) is 13.0. The predicted octanol–water partition coefficient (Wildman–Crippen LogP) is 2.86. The van der Waals surface area contributed by atoms with Gasteiger partial charge in [0.2, 0.25) is 0 Å². The first-order valence-corrected chi connectivity index (χ1v) is 6.05. The summed E-state index contributed by atoms with van der Waals surface area (Å²) in [6.45, 7) is 6.57. The summed E-state index contributed by atoms with van der Waals surface area (Å²) in [6.07, 6.45) is 1.16. The minimum atomic E-state index is 0.729. The second kappa shape index (κ2) is 6.54. The van der Waals surface area contributed by atoms with Crippen LogP contribution in [0.4, 0.5) is 5.69 Å². The van der Waals surface area contributed by atoms with Gasteiger partial charge >= 0.3 is 0 Å². The zero-order chi connectivity index (χ0) is 12.0. The third kappa shape index (κ3) is 5.17. The Morgan fingerprint density at radius 3 is 2.25 bits per heavy atom. The van der Waals surface area contributed by atoms with E-state index in [0.29, 0.717) is 0 Å². The summed E-state index contributed by atoms with van der Waals surface area (Å²) in [5.74, 6) is 0.729. The van der Waals surface area contributed by atoms with Crippen molar-refractivity contribution in [3.63, 3.8) is 0 Å². The van der Waals surface area contributed by atoms with Gasteiger partial charge in [-0.05, 0) is 44.1 Å². The molecule has 16 heavy (non-hydrogen) atoms. The van der Waals surface area contributed by atoms with Gasteiger partial charge in [-0.15, -0.1) is 0 Å². The lowest BCUT2D eigenvalue weighted by Gasteiger charge is -2.12. The van der Waals surface area contributed by atoms with E-state index in [2.05, 4.69) is 62.4 Å². The molecular formula is C14H24N2. The third-order valence-corrected chi connectivity index (χ3v) is 2.49. The van der Waals surface area contributed by atoms with Crippen molar-refractivity contribution in [3.8, 4) is 0 Å². The minimum absolute atomic E-state index is 0.729. The second-order valence-electron chi connectivity index (χ2n) is 5.02. The Morgan fingerprint density at radius 2 is 1.75 bits per heavy atom. The van der Waals surface area contributed by atoms with Gasteiger partial charge in [0.15, 0.2) is 0 Å². The van der Waals surface area contributed by atoms with Crippen molar-refractivity contribution in [1.29, 1.82) is 0 Å². The molecule has 0 aliphatic rings. The summed E-state index contributed by atoms with van der Waals surface area (Å²) in [7, 11) is 4.18. The topological polar surface area (TPSA) is 15.3 Å². The molecule has 0 aromatic heterocycles. The van der Waals surface area contributed by atoms with Gasteiger partial charge in [-0.3, -0.25) is 0 Å². The van der Waals surface area contributed by atoms with E-state index in [1.807, 2.05) is 0 Å². The van der Waals surface area contributed by atoms with E-state index < -0.39 is 0 Å². The van der Waals surface area contributed by atoms with Gasteiger partial charge in [0.1, 0.15) is 0 Å². The van der Waals surface area contributed by atoms with Crippen molar-refractivity contribution >= 4 is 5.69 Å². The van der Waals surface area contributed by atoms with Gasteiger partial charge in [0.05, 0.1) is 0 Å². The smallest absolute Gasteiger partial charge is 0.0340 e. The Morgan fingerprint density at radius 1 is 1.12 bits per heavy atom. The van der Waals surface area contributed by atoms with Crippen LogP contribution in [0.3, 0.4) is 0 Å². The molecule has 0 spiro atoms. The molecule has 2 heteroatoms. The van der Waals surface area contributed by atoms with Crippen molar-refractivity contribution in [2.45, 2.75) is 20.3 Å². The van der Waals surface area contributed by atoms with E-state index in [4.69, 9.17) is 0 Å². The summed E-state index contributed by atoms with van der Waals surface area (Å²) in [6, 6.07) is 8.79. The van der Waals surface area contributed by atoms with Crippen LogP contribution in [0.2, 0.25) is 0 Å². The van der Waals surface area contributed by atoms with Crippen molar-refractivity contribution in [1.82, 2.24) is 4.90 Å². The van der Waals surface area contributed by atoms with Crippen LogP contribution in [0.1, 0.15) is 19.4 Å². The maximum Gasteiger partial charge on any atom is 0.0340 e. The standard InChI is InChI=1S/C14H24N2/c1-12(2)11-13-5-7-14(8-6-13)15-9-10-16(3)4/h5-8,12,15H,9-11H2,1-4H3. The monoisotopic (exact) mass is 220 g/mol. The highest BCUT2D eigenvalue weighted by molar-refractivity contribution is 5.44. The molecule has 1 aromatic carbocycles. The fraction of sp³-hybridized carbons (Fsp3) is 0.571. The fourth-order valence-electron chi connectivity index (χ4n) is 1.65. The molecule has 90 valence electrons. The molecule has 0 radical (unpaired) electrons. The average molecular weight is 220 g/mol. The van der Waals surface area contributed by atoms with Crippen LogP contribution in [0.15, 0.2) is 24.3 Å². The van der Waals surface area contributed by atoms with Crippen LogP contribution in [0, 0.1) is 5.92 Å². The van der Waals surface area contributed by atoms with Gasteiger partial charge in [-0.25, -0.2) is 0 Å². The van der Waals surface area contributed by atoms with E-state index in [-0.39, 0.29) is 0 Å².